The highest BCUT2D eigenvalue weighted by atomic mass is 32.1. The maximum atomic E-state index is 9.32. The van der Waals surface area contributed by atoms with Gasteiger partial charge in [-0.2, -0.15) is 5.26 Å². The number of H-pyrrole nitrogens is 1. The summed E-state index contributed by atoms with van der Waals surface area (Å²) in [5.41, 5.74) is 2.73. The number of nitrogens with zero attached hydrogens (tertiary/aromatic N) is 3. The Balaban J connectivity index is 2.46. The Labute approximate surface area is 104 Å². The molecule has 1 aliphatic heterocycles. The zero-order chi connectivity index (χ0) is 11.8. The molecule has 0 amide bonds. The van der Waals surface area contributed by atoms with E-state index in [1.807, 2.05) is 0 Å². The van der Waals surface area contributed by atoms with Crippen LogP contribution >= 0.6 is 12.2 Å². The number of hydrogen-bond acceptors (Lipinski definition) is 3. The Hall–Kier alpha value is -1.67. The van der Waals surface area contributed by atoms with Crippen LogP contribution in [-0.4, -0.2) is 14.5 Å². The summed E-state index contributed by atoms with van der Waals surface area (Å²) >= 11 is 5.29. The van der Waals surface area contributed by atoms with Crippen molar-refractivity contribution in [1.29, 1.82) is 5.26 Å². The summed E-state index contributed by atoms with van der Waals surface area (Å²) in [5, 5.41) is 10.3. The first-order chi connectivity index (χ1) is 8.33. The van der Waals surface area contributed by atoms with Crippen molar-refractivity contribution in [2.75, 3.05) is 0 Å². The lowest BCUT2D eigenvalue weighted by Gasteiger charge is -2.04. The molecule has 2 aromatic rings. The van der Waals surface area contributed by atoms with Crippen LogP contribution in [0.1, 0.15) is 30.7 Å². The number of nitrogens with one attached hydrogen (secondary N) is 1. The topological polar surface area (TPSA) is 57.4 Å². The summed E-state index contributed by atoms with van der Waals surface area (Å²) in [6.45, 7) is 0.912. The smallest absolute Gasteiger partial charge is 0.145 e. The van der Waals surface area contributed by atoms with E-state index < -0.39 is 0 Å². The van der Waals surface area contributed by atoms with Gasteiger partial charge in [-0.25, -0.2) is 4.98 Å². The van der Waals surface area contributed by atoms with Gasteiger partial charge in [-0.15, -0.1) is 0 Å². The third-order valence-corrected chi connectivity index (χ3v) is 3.69. The highest BCUT2D eigenvalue weighted by molar-refractivity contribution is 7.71. The third kappa shape index (κ3) is 1.48. The molecular weight excluding hydrogens is 232 g/mol. The van der Waals surface area contributed by atoms with Gasteiger partial charge in [0.2, 0.25) is 0 Å². The largest absolute Gasteiger partial charge is 0.343 e. The Bertz CT molecular complexity index is 674. The second-order valence-corrected chi connectivity index (χ2v) is 4.71. The maximum Gasteiger partial charge on any atom is 0.145 e. The fraction of sp³-hybridized carbons (Fsp3) is 0.417. The Morgan fingerprint density at radius 2 is 2.29 bits per heavy atom. The lowest BCUT2D eigenvalue weighted by molar-refractivity contribution is 0.632. The molecule has 0 spiro atoms. The van der Waals surface area contributed by atoms with E-state index in [-0.39, 0.29) is 0 Å². The lowest BCUT2D eigenvalue weighted by atomic mass is 10.1. The lowest BCUT2D eigenvalue weighted by Crippen LogP contribution is -2.02. The van der Waals surface area contributed by atoms with E-state index in [9.17, 15) is 5.26 Å². The van der Waals surface area contributed by atoms with Gasteiger partial charge < -0.3 is 9.55 Å². The molecule has 4 nitrogen and oxygen atoms in total. The van der Waals surface area contributed by atoms with Gasteiger partial charge in [0.05, 0.1) is 17.2 Å². The molecule has 0 unspecified atom stereocenters. The molecule has 1 aliphatic rings. The molecule has 0 fully saturated rings. The van der Waals surface area contributed by atoms with Crippen LogP contribution in [0.4, 0.5) is 0 Å². The predicted octanol–water partition coefficient (Wildman–Crippen LogP) is 2.69. The summed E-state index contributed by atoms with van der Waals surface area (Å²) < 4.78 is 2.72. The number of aromatic amines is 1. The minimum atomic E-state index is 0.603. The van der Waals surface area contributed by atoms with E-state index in [1.54, 1.807) is 6.33 Å². The predicted molar refractivity (Wildman–Crippen MR) is 67.2 cm³/mol. The molecular formula is C12H12N4S. The zero-order valence-corrected chi connectivity index (χ0v) is 10.2. The monoisotopic (exact) mass is 244 g/mol. The van der Waals surface area contributed by atoms with Gasteiger partial charge in [0, 0.05) is 12.2 Å². The highest BCUT2D eigenvalue weighted by Crippen LogP contribution is 2.28. The summed E-state index contributed by atoms with van der Waals surface area (Å²) in [4.78, 5) is 7.20. The standard InChI is InChI=1S/C12H12N4S/c13-6-9-11-10(12(17)15-7-14-11)8-4-2-1-3-5-16(8)9/h7H,1-5H2,(H,14,15,17). The molecule has 86 valence electrons. The SMILES string of the molecule is N#Cc1c2[nH]cnc(=S)c2c2n1CCCCC2. The summed E-state index contributed by atoms with van der Waals surface area (Å²) in [5.74, 6) is 0. The van der Waals surface area contributed by atoms with Crippen molar-refractivity contribution in [2.45, 2.75) is 32.2 Å². The van der Waals surface area contributed by atoms with Crippen LogP contribution < -0.4 is 0 Å². The average molecular weight is 244 g/mol. The van der Waals surface area contributed by atoms with Crippen molar-refractivity contribution in [3.8, 4) is 6.07 Å². The average Bonchev–Trinajstić information content (AvgIpc) is 2.49. The van der Waals surface area contributed by atoms with E-state index in [0.717, 1.165) is 36.7 Å². The van der Waals surface area contributed by atoms with Crippen molar-refractivity contribution in [3.05, 3.63) is 22.4 Å². The van der Waals surface area contributed by atoms with Gasteiger partial charge in [-0.1, -0.05) is 18.6 Å². The summed E-state index contributed by atoms with van der Waals surface area (Å²) in [6, 6.07) is 2.29. The van der Waals surface area contributed by atoms with Crippen LogP contribution in [0.3, 0.4) is 0 Å². The molecule has 0 atom stereocenters. The molecule has 0 aliphatic carbocycles. The van der Waals surface area contributed by atoms with Crippen LogP contribution in [-0.2, 0) is 13.0 Å². The fourth-order valence-electron chi connectivity index (χ4n) is 2.62. The molecule has 0 saturated heterocycles. The molecule has 17 heavy (non-hydrogen) atoms. The Kier molecular flexibility index (Phi) is 2.45. The van der Waals surface area contributed by atoms with Gasteiger partial charge in [0.25, 0.3) is 0 Å². The Morgan fingerprint density at radius 3 is 3.12 bits per heavy atom. The van der Waals surface area contributed by atoms with Crippen molar-refractivity contribution >= 4 is 23.1 Å². The fourth-order valence-corrected chi connectivity index (χ4v) is 2.89. The van der Waals surface area contributed by atoms with Gasteiger partial charge in [-0.05, 0) is 19.3 Å². The molecule has 1 N–H and O–H groups in total. The number of rotatable bonds is 0. The van der Waals surface area contributed by atoms with Crippen LogP contribution in [0.25, 0.3) is 10.9 Å². The molecule has 0 bridgehead atoms. The highest BCUT2D eigenvalue weighted by Gasteiger charge is 2.19. The summed E-state index contributed by atoms with van der Waals surface area (Å²) in [7, 11) is 0. The second kappa shape index (κ2) is 3.97. The van der Waals surface area contributed by atoms with Crippen molar-refractivity contribution in [1.82, 2.24) is 14.5 Å². The van der Waals surface area contributed by atoms with Gasteiger partial charge in [-0.3, -0.25) is 0 Å². The quantitative estimate of drug-likeness (QED) is 0.725. The van der Waals surface area contributed by atoms with Gasteiger partial charge in [0.15, 0.2) is 0 Å². The number of fused-ring (bicyclic) bond motifs is 3. The van der Waals surface area contributed by atoms with E-state index in [2.05, 4.69) is 20.6 Å². The second-order valence-electron chi connectivity index (χ2n) is 4.33. The number of aromatic nitrogens is 3. The number of nitriles is 1. The first-order valence-corrected chi connectivity index (χ1v) is 6.22. The molecule has 3 heterocycles. The molecule has 2 aromatic heterocycles. The normalized spacial score (nSPS) is 15.2. The van der Waals surface area contributed by atoms with Crippen LogP contribution in [0.2, 0.25) is 0 Å². The van der Waals surface area contributed by atoms with Crippen molar-refractivity contribution < 1.29 is 0 Å². The van der Waals surface area contributed by atoms with Crippen LogP contribution in [0.15, 0.2) is 6.33 Å². The van der Waals surface area contributed by atoms with Crippen LogP contribution in [0, 0.1) is 16.0 Å². The first kappa shape index (κ1) is 10.5. The van der Waals surface area contributed by atoms with E-state index in [0.29, 0.717) is 10.3 Å². The Morgan fingerprint density at radius 1 is 1.41 bits per heavy atom. The van der Waals surface area contributed by atoms with Gasteiger partial charge >= 0.3 is 0 Å². The van der Waals surface area contributed by atoms with Crippen molar-refractivity contribution in [2.24, 2.45) is 0 Å². The molecule has 3 rings (SSSR count). The van der Waals surface area contributed by atoms with Crippen LogP contribution in [0.5, 0.6) is 0 Å². The summed E-state index contributed by atoms with van der Waals surface area (Å²) in [6.07, 6.45) is 6.06. The third-order valence-electron chi connectivity index (χ3n) is 3.38. The minimum Gasteiger partial charge on any atom is -0.343 e. The zero-order valence-electron chi connectivity index (χ0n) is 9.36. The molecule has 5 heteroatoms. The first-order valence-electron chi connectivity index (χ1n) is 5.82. The van der Waals surface area contributed by atoms with Gasteiger partial charge in [0.1, 0.15) is 16.4 Å². The molecule has 0 radical (unpaired) electrons. The maximum absolute atomic E-state index is 9.32. The molecule has 0 saturated carbocycles. The number of hydrogen-bond donors (Lipinski definition) is 1. The number of aryl methyl sites for hydroxylation is 1. The van der Waals surface area contributed by atoms with E-state index in [4.69, 9.17) is 12.2 Å². The van der Waals surface area contributed by atoms with E-state index in [1.165, 1.54) is 12.1 Å². The molecule has 0 aromatic carbocycles. The minimum absolute atomic E-state index is 0.603. The van der Waals surface area contributed by atoms with E-state index >= 15 is 0 Å². The van der Waals surface area contributed by atoms with Crippen molar-refractivity contribution in [3.63, 3.8) is 0 Å².